The van der Waals surface area contributed by atoms with Gasteiger partial charge in [-0.3, -0.25) is 9.59 Å². The van der Waals surface area contributed by atoms with E-state index in [9.17, 15) is 22.8 Å². The fraction of sp³-hybridized carbons (Fsp3) is 0.290. The molecule has 216 valence electrons. The minimum atomic E-state index is -4.45. The number of hydrogen-bond donors (Lipinski definition) is 1. The topological polar surface area (TPSA) is 56.4 Å². The molecule has 0 unspecified atom stereocenters. The third-order valence-corrected chi connectivity index (χ3v) is 7.08. The molecule has 0 aliphatic rings. The Balaban J connectivity index is 1.58. The van der Waals surface area contributed by atoms with Crippen LogP contribution in [-0.2, 0) is 23.9 Å². The van der Waals surface area contributed by atoms with Crippen LogP contribution in [0.25, 0.3) is 10.9 Å². The first-order chi connectivity index (χ1) is 19.4. The Kier molecular flexibility index (Phi) is 9.66. The first-order valence-corrected chi connectivity index (χ1v) is 13.9. The summed E-state index contributed by atoms with van der Waals surface area (Å²) >= 11 is 12.2. The molecule has 0 saturated carbocycles. The van der Waals surface area contributed by atoms with E-state index in [2.05, 4.69) is 4.98 Å². The Hall–Kier alpha value is -3.49. The lowest BCUT2D eigenvalue weighted by atomic mass is 10.1. The number of hydrogen-bond acceptors (Lipinski definition) is 2. The summed E-state index contributed by atoms with van der Waals surface area (Å²) in [5.41, 5.74) is 2.04. The highest BCUT2D eigenvalue weighted by Gasteiger charge is 2.30. The van der Waals surface area contributed by atoms with Gasteiger partial charge in [0.15, 0.2) is 0 Å². The number of aromatic nitrogens is 1. The van der Waals surface area contributed by atoms with E-state index in [1.807, 2.05) is 44.3 Å². The summed E-state index contributed by atoms with van der Waals surface area (Å²) < 4.78 is 39.3. The summed E-state index contributed by atoms with van der Waals surface area (Å²) in [6.45, 7) is 4.36. The molecule has 0 saturated heterocycles. The molecular formula is C31H30Cl2F3N3O2. The van der Waals surface area contributed by atoms with E-state index in [4.69, 9.17) is 23.2 Å². The van der Waals surface area contributed by atoms with Crippen molar-refractivity contribution in [2.75, 3.05) is 19.6 Å². The van der Waals surface area contributed by atoms with Crippen LogP contribution in [0.15, 0.2) is 72.9 Å². The van der Waals surface area contributed by atoms with Crippen LogP contribution in [0.2, 0.25) is 10.0 Å². The number of fused-ring (bicyclic) bond motifs is 1. The average Bonchev–Trinajstić information content (AvgIpc) is 3.32. The van der Waals surface area contributed by atoms with Gasteiger partial charge in [-0.05, 0) is 59.9 Å². The summed E-state index contributed by atoms with van der Waals surface area (Å²) in [5.74, 6) is -0.648. The molecule has 0 atom stereocenters. The van der Waals surface area contributed by atoms with Gasteiger partial charge in [0.1, 0.15) is 6.54 Å². The number of amides is 2. The fourth-order valence-electron chi connectivity index (χ4n) is 4.69. The van der Waals surface area contributed by atoms with Gasteiger partial charge in [0.2, 0.25) is 5.91 Å². The average molecular weight is 605 g/mol. The van der Waals surface area contributed by atoms with Gasteiger partial charge in [-0.25, -0.2) is 0 Å². The first kappa shape index (κ1) is 30.5. The molecule has 41 heavy (non-hydrogen) atoms. The lowest BCUT2D eigenvalue weighted by Gasteiger charge is -2.29. The SMILES string of the molecule is CC(C)CN(CC(=O)N(CCc1c[nH]c2ccccc12)Cc1ccc(C(F)(F)F)cc1)C(=O)c1cc(Cl)cc(Cl)c1. The standard InChI is InChI=1S/C31H30Cl2F3N3O2/c1-20(2)17-39(30(41)23-13-25(32)15-26(33)14-23)19-29(40)38(18-21-7-9-24(10-8-21)31(34,35)36)12-11-22-16-37-28-6-4-3-5-27(22)28/h3-10,13-16,20,37H,11-12,17-19H2,1-2H3. The van der Waals surface area contributed by atoms with Crippen molar-refractivity contribution >= 4 is 45.9 Å². The minimum absolute atomic E-state index is 0.0657. The Bertz CT molecular complexity index is 1500. The highest BCUT2D eigenvalue weighted by Crippen LogP contribution is 2.29. The molecule has 0 spiro atoms. The van der Waals surface area contributed by atoms with Crippen LogP contribution in [0.3, 0.4) is 0 Å². The van der Waals surface area contributed by atoms with Crippen molar-refractivity contribution < 1.29 is 22.8 Å². The van der Waals surface area contributed by atoms with Gasteiger partial charge in [0.05, 0.1) is 5.56 Å². The highest BCUT2D eigenvalue weighted by molar-refractivity contribution is 6.35. The maximum atomic E-state index is 13.8. The molecule has 1 N–H and O–H groups in total. The number of carbonyl (C=O) groups is 2. The molecule has 0 fully saturated rings. The number of benzene rings is 3. The largest absolute Gasteiger partial charge is 0.416 e. The van der Waals surface area contributed by atoms with Crippen molar-refractivity contribution in [3.63, 3.8) is 0 Å². The number of halogens is 5. The number of nitrogens with one attached hydrogen (secondary N) is 1. The molecule has 1 aromatic heterocycles. The van der Waals surface area contributed by atoms with Crippen molar-refractivity contribution in [1.29, 1.82) is 0 Å². The van der Waals surface area contributed by atoms with E-state index >= 15 is 0 Å². The van der Waals surface area contributed by atoms with Crippen molar-refractivity contribution in [3.05, 3.63) is 105 Å². The maximum absolute atomic E-state index is 13.8. The van der Waals surface area contributed by atoms with Gasteiger partial charge in [-0.1, -0.05) is 67.4 Å². The van der Waals surface area contributed by atoms with Crippen LogP contribution in [0.5, 0.6) is 0 Å². The van der Waals surface area contributed by atoms with Crippen molar-refractivity contribution in [3.8, 4) is 0 Å². The Labute approximate surface area is 246 Å². The van der Waals surface area contributed by atoms with Crippen LogP contribution in [0.1, 0.15) is 40.9 Å². The summed E-state index contributed by atoms with van der Waals surface area (Å²) in [6.07, 6.45) is -2.05. The molecule has 0 aliphatic carbocycles. The minimum Gasteiger partial charge on any atom is -0.361 e. The lowest BCUT2D eigenvalue weighted by molar-refractivity contribution is -0.137. The van der Waals surface area contributed by atoms with Crippen LogP contribution in [0.4, 0.5) is 13.2 Å². The number of alkyl halides is 3. The van der Waals surface area contributed by atoms with Crippen molar-refractivity contribution in [2.45, 2.75) is 33.0 Å². The predicted molar refractivity (Wildman–Crippen MR) is 156 cm³/mol. The molecular weight excluding hydrogens is 574 g/mol. The second kappa shape index (κ2) is 13.0. The second-order valence-corrected chi connectivity index (χ2v) is 11.2. The molecule has 4 rings (SSSR count). The number of carbonyl (C=O) groups excluding carboxylic acids is 2. The molecule has 0 radical (unpaired) electrons. The van der Waals surface area contributed by atoms with Crippen LogP contribution < -0.4 is 0 Å². The van der Waals surface area contributed by atoms with E-state index in [1.165, 1.54) is 35.2 Å². The Morgan fingerprint density at radius 1 is 0.927 bits per heavy atom. The number of para-hydroxylation sites is 1. The molecule has 3 aromatic carbocycles. The van der Waals surface area contributed by atoms with Crippen LogP contribution >= 0.6 is 23.2 Å². The third kappa shape index (κ3) is 8.05. The zero-order valence-electron chi connectivity index (χ0n) is 22.6. The van der Waals surface area contributed by atoms with Crippen molar-refractivity contribution in [2.24, 2.45) is 5.92 Å². The molecule has 0 bridgehead atoms. The number of H-pyrrole nitrogens is 1. The van der Waals surface area contributed by atoms with Gasteiger partial charge in [0, 0.05) is 52.3 Å². The normalized spacial score (nSPS) is 11.7. The van der Waals surface area contributed by atoms with Gasteiger partial charge in [-0.2, -0.15) is 13.2 Å². The van der Waals surface area contributed by atoms with Gasteiger partial charge in [0.25, 0.3) is 5.91 Å². The van der Waals surface area contributed by atoms with E-state index in [-0.39, 0.29) is 36.4 Å². The van der Waals surface area contributed by atoms with Crippen LogP contribution in [0, 0.1) is 5.92 Å². The zero-order valence-corrected chi connectivity index (χ0v) is 24.2. The number of rotatable bonds is 10. The molecule has 4 aromatic rings. The fourth-order valence-corrected chi connectivity index (χ4v) is 5.21. The molecule has 0 aliphatic heterocycles. The molecule has 2 amide bonds. The highest BCUT2D eigenvalue weighted by atomic mass is 35.5. The quantitative estimate of drug-likeness (QED) is 0.200. The maximum Gasteiger partial charge on any atom is 0.416 e. The number of nitrogens with zero attached hydrogens (tertiary/aromatic N) is 2. The lowest BCUT2D eigenvalue weighted by Crippen LogP contribution is -2.44. The summed E-state index contributed by atoms with van der Waals surface area (Å²) in [4.78, 5) is 33.5. The van der Waals surface area contributed by atoms with Crippen molar-refractivity contribution in [1.82, 2.24) is 14.8 Å². The van der Waals surface area contributed by atoms with E-state index < -0.39 is 11.7 Å². The second-order valence-electron chi connectivity index (χ2n) is 10.4. The number of aromatic amines is 1. The smallest absolute Gasteiger partial charge is 0.361 e. The van der Waals surface area contributed by atoms with E-state index in [0.29, 0.717) is 35.1 Å². The van der Waals surface area contributed by atoms with E-state index in [0.717, 1.165) is 28.6 Å². The summed E-state index contributed by atoms with van der Waals surface area (Å²) in [7, 11) is 0. The third-order valence-electron chi connectivity index (χ3n) is 6.64. The molecule has 1 heterocycles. The van der Waals surface area contributed by atoms with Gasteiger partial charge >= 0.3 is 6.18 Å². The molecule has 10 heteroatoms. The van der Waals surface area contributed by atoms with Gasteiger partial charge < -0.3 is 14.8 Å². The monoisotopic (exact) mass is 603 g/mol. The van der Waals surface area contributed by atoms with Crippen LogP contribution in [-0.4, -0.2) is 46.2 Å². The van der Waals surface area contributed by atoms with Gasteiger partial charge in [-0.15, -0.1) is 0 Å². The Morgan fingerprint density at radius 3 is 2.22 bits per heavy atom. The first-order valence-electron chi connectivity index (χ1n) is 13.1. The predicted octanol–water partition coefficient (Wildman–Crippen LogP) is 7.86. The Morgan fingerprint density at radius 2 is 1.59 bits per heavy atom. The summed E-state index contributed by atoms with van der Waals surface area (Å²) in [6, 6.07) is 17.1. The summed E-state index contributed by atoms with van der Waals surface area (Å²) in [5, 5.41) is 1.64. The van der Waals surface area contributed by atoms with E-state index in [1.54, 1.807) is 4.90 Å². The zero-order chi connectivity index (χ0) is 29.7. The molecule has 5 nitrogen and oxygen atoms in total.